The van der Waals surface area contributed by atoms with Gasteiger partial charge in [0.25, 0.3) is 0 Å². The summed E-state index contributed by atoms with van der Waals surface area (Å²) in [4.78, 5) is 2.48. The summed E-state index contributed by atoms with van der Waals surface area (Å²) in [6.45, 7) is 0. The molecule has 1 nitrogen and oxygen atoms in total. The maximum atomic E-state index is 2.48. The molecule has 1 aliphatic rings. The van der Waals surface area contributed by atoms with E-state index in [0.29, 0.717) is 0 Å². The van der Waals surface area contributed by atoms with E-state index in [2.05, 4.69) is 278 Å². The minimum atomic E-state index is -0.625. The van der Waals surface area contributed by atoms with Crippen LogP contribution in [-0.4, -0.2) is 0 Å². The Morgan fingerprint density at radius 2 is 0.662 bits per heavy atom. The van der Waals surface area contributed by atoms with E-state index in [-0.39, 0.29) is 0 Å². The molecular weight excluding hydrogens is 819 g/mol. The van der Waals surface area contributed by atoms with Crippen LogP contribution in [0.15, 0.2) is 273 Å². The first-order chi connectivity index (χ1) is 33.7. The summed E-state index contributed by atoms with van der Waals surface area (Å²) in [7, 11) is 0. The van der Waals surface area contributed by atoms with E-state index in [1.165, 1.54) is 99.1 Å². The average molecular weight is 864 g/mol. The Hall–Kier alpha value is -8.78. The standard InChI is InChI=1S/C67H45N/c1-2-16-46(17-3-1)47-34-40-53(41-35-47)67(62-31-14-23-50-20-6-9-26-60(50)62)63-30-11-10-27-61(63)66-64(67)32-15-33-65(66)68(54-42-36-51(37-43-54)58-28-12-21-48-18-4-7-24-56(48)58)55-44-38-52(39-45-55)59-29-13-22-49-19-5-8-25-57(49)59/h1-45H. The normalized spacial score (nSPS) is 13.9. The van der Waals surface area contributed by atoms with E-state index in [1.807, 2.05) is 0 Å². The number of nitrogens with zero attached hydrogens (tertiary/aromatic N) is 1. The van der Waals surface area contributed by atoms with Crippen LogP contribution >= 0.6 is 0 Å². The van der Waals surface area contributed by atoms with Crippen molar-refractivity contribution < 1.29 is 0 Å². The zero-order valence-electron chi connectivity index (χ0n) is 37.4. The highest BCUT2D eigenvalue weighted by Gasteiger charge is 2.48. The lowest BCUT2D eigenvalue weighted by Gasteiger charge is -2.35. The molecule has 0 aliphatic heterocycles. The number of anilines is 3. The van der Waals surface area contributed by atoms with Crippen LogP contribution in [0.4, 0.5) is 17.1 Å². The Balaban J connectivity index is 1.05. The SMILES string of the molecule is c1ccc(-c2ccc(C3(c4cccc5ccccc45)c4ccccc4-c4c(N(c5ccc(-c6cccc7ccccc67)cc5)c5ccc(-c6cccc7ccccc67)cc5)cccc43)cc2)cc1. The zero-order valence-corrected chi connectivity index (χ0v) is 37.4. The van der Waals surface area contributed by atoms with Gasteiger partial charge in [0.1, 0.15) is 0 Å². The van der Waals surface area contributed by atoms with Crippen LogP contribution in [0.2, 0.25) is 0 Å². The molecule has 0 fully saturated rings. The van der Waals surface area contributed by atoms with Gasteiger partial charge in [-0.1, -0.05) is 243 Å². The van der Waals surface area contributed by atoms with Crippen LogP contribution in [0.1, 0.15) is 22.3 Å². The molecule has 0 amide bonds. The second-order valence-corrected chi connectivity index (χ2v) is 17.9. The Morgan fingerprint density at radius 1 is 0.250 bits per heavy atom. The number of hydrogen-bond donors (Lipinski definition) is 0. The molecule has 0 saturated carbocycles. The lowest BCUT2D eigenvalue weighted by atomic mass is 9.66. The summed E-state index contributed by atoms with van der Waals surface area (Å²) < 4.78 is 0. The van der Waals surface area contributed by atoms with Crippen molar-refractivity contribution in [3.63, 3.8) is 0 Å². The molecular formula is C67H45N. The van der Waals surface area contributed by atoms with E-state index in [9.17, 15) is 0 Å². The highest BCUT2D eigenvalue weighted by atomic mass is 15.1. The van der Waals surface area contributed by atoms with Gasteiger partial charge in [0.05, 0.1) is 11.1 Å². The minimum Gasteiger partial charge on any atom is -0.310 e. The highest BCUT2D eigenvalue weighted by molar-refractivity contribution is 6.02. The van der Waals surface area contributed by atoms with Crippen LogP contribution in [0.5, 0.6) is 0 Å². The molecule has 1 atom stereocenters. The number of rotatable bonds is 8. The summed E-state index contributed by atoms with van der Waals surface area (Å²) in [5.74, 6) is 0. The molecule has 13 rings (SSSR count). The van der Waals surface area contributed by atoms with Crippen molar-refractivity contribution in [3.8, 4) is 44.5 Å². The van der Waals surface area contributed by atoms with Gasteiger partial charge in [-0.2, -0.15) is 0 Å². The summed E-state index contributed by atoms with van der Waals surface area (Å²) in [5.41, 5.74) is 17.5. The summed E-state index contributed by atoms with van der Waals surface area (Å²) in [6, 6.07) is 101. The number of benzene rings is 12. The molecule has 68 heavy (non-hydrogen) atoms. The van der Waals surface area contributed by atoms with Gasteiger partial charge < -0.3 is 4.90 Å². The third-order valence-corrected chi connectivity index (χ3v) is 14.4. The van der Waals surface area contributed by atoms with Gasteiger partial charge in [-0.25, -0.2) is 0 Å². The van der Waals surface area contributed by atoms with Crippen LogP contribution in [0.25, 0.3) is 76.8 Å². The van der Waals surface area contributed by atoms with Crippen molar-refractivity contribution in [2.75, 3.05) is 4.90 Å². The quantitative estimate of drug-likeness (QED) is 0.147. The molecule has 1 heteroatoms. The summed E-state index contributed by atoms with van der Waals surface area (Å²) >= 11 is 0. The van der Waals surface area contributed by atoms with Gasteiger partial charge in [0, 0.05) is 16.9 Å². The molecule has 12 aromatic rings. The largest absolute Gasteiger partial charge is 0.310 e. The number of fused-ring (bicyclic) bond motifs is 6. The molecule has 0 aromatic heterocycles. The molecule has 0 saturated heterocycles. The van der Waals surface area contributed by atoms with E-state index in [1.54, 1.807) is 0 Å². The molecule has 318 valence electrons. The first-order valence-corrected chi connectivity index (χ1v) is 23.6. The lowest BCUT2D eigenvalue weighted by molar-refractivity contribution is 0.776. The average Bonchev–Trinajstić information content (AvgIpc) is 3.72. The van der Waals surface area contributed by atoms with Crippen molar-refractivity contribution in [2.45, 2.75) is 5.41 Å². The molecule has 0 bridgehead atoms. The van der Waals surface area contributed by atoms with Gasteiger partial charge in [0.15, 0.2) is 0 Å². The molecule has 1 unspecified atom stereocenters. The van der Waals surface area contributed by atoms with Gasteiger partial charge in [-0.3, -0.25) is 0 Å². The van der Waals surface area contributed by atoms with Crippen molar-refractivity contribution in [1.29, 1.82) is 0 Å². The molecule has 12 aromatic carbocycles. The second-order valence-electron chi connectivity index (χ2n) is 17.9. The first-order valence-electron chi connectivity index (χ1n) is 23.6. The fourth-order valence-corrected chi connectivity index (χ4v) is 11.3. The second kappa shape index (κ2) is 16.3. The summed E-state index contributed by atoms with van der Waals surface area (Å²) in [5, 5.41) is 7.46. The predicted molar refractivity (Wildman–Crippen MR) is 287 cm³/mol. The first kappa shape index (κ1) is 39.6. The third kappa shape index (κ3) is 6.32. The van der Waals surface area contributed by atoms with E-state index in [4.69, 9.17) is 0 Å². The van der Waals surface area contributed by atoms with Crippen molar-refractivity contribution >= 4 is 49.4 Å². The molecule has 0 N–H and O–H groups in total. The van der Waals surface area contributed by atoms with Crippen LogP contribution in [-0.2, 0) is 5.41 Å². The molecule has 0 heterocycles. The summed E-state index contributed by atoms with van der Waals surface area (Å²) in [6.07, 6.45) is 0. The highest BCUT2D eigenvalue weighted by Crippen LogP contribution is 2.60. The van der Waals surface area contributed by atoms with Crippen LogP contribution < -0.4 is 4.90 Å². The third-order valence-electron chi connectivity index (χ3n) is 14.4. The Bertz CT molecular complexity index is 3690. The molecule has 0 spiro atoms. The fraction of sp³-hybridized carbons (Fsp3) is 0.0149. The molecule has 0 radical (unpaired) electrons. The van der Waals surface area contributed by atoms with Crippen LogP contribution in [0.3, 0.4) is 0 Å². The minimum absolute atomic E-state index is 0.625. The smallest absolute Gasteiger partial charge is 0.0720 e. The van der Waals surface area contributed by atoms with E-state index in [0.717, 1.165) is 17.1 Å². The van der Waals surface area contributed by atoms with Crippen molar-refractivity contribution in [1.82, 2.24) is 0 Å². The van der Waals surface area contributed by atoms with Crippen molar-refractivity contribution in [2.24, 2.45) is 0 Å². The van der Waals surface area contributed by atoms with Crippen LogP contribution in [0, 0.1) is 0 Å². The Morgan fingerprint density at radius 3 is 1.28 bits per heavy atom. The van der Waals surface area contributed by atoms with Gasteiger partial charge in [-0.05, 0) is 124 Å². The van der Waals surface area contributed by atoms with E-state index < -0.39 is 5.41 Å². The molecule has 1 aliphatic carbocycles. The van der Waals surface area contributed by atoms with Gasteiger partial charge in [-0.15, -0.1) is 0 Å². The maximum absolute atomic E-state index is 2.48. The van der Waals surface area contributed by atoms with Crippen molar-refractivity contribution in [3.05, 3.63) is 295 Å². The van der Waals surface area contributed by atoms with E-state index >= 15 is 0 Å². The van der Waals surface area contributed by atoms with Gasteiger partial charge >= 0.3 is 0 Å². The monoisotopic (exact) mass is 863 g/mol. The lowest BCUT2D eigenvalue weighted by Crippen LogP contribution is -2.29. The Labute approximate surface area is 397 Å². The maximum Gasteiger partial charge on any atom is 0.0720 e. The predicted octanol–water partition coefficient (Wildman–Crippen LogP) is 18.0. The zero-order chi connectivity index (χ0) is 45.0. The topological polar surface area (TPSA) is 3.24 Å². The van der Waals surface area contributed by atoms with Gasteiger partial charge in [0.2, 0.25) is 0 Å². The fourth-order valence-electron chi connectivity index (χ4n) is 11.3. The number of hydrogen-bond acceptors (Lipinski definition) is 1. The Kier molecular flexibility index (Phi) is 9.47.